The van der Waals surface area contributed by atoms with Gasteiger partial charge >= 0.3 is 5.69 Å². The summed E-state index contributed by atoms with van der Waals surface area (Å²) in [7, 11) is 3.19. The third kappa shape index (κ3) is 4.19. The minimum Gasteiger partial charge on any atom is -0.358 e. The minimum absolute atomic E-state index is 0.0522. The Morgan fingerprint density at radius 3 is 2.10 bits per heavy atom. The Hall–Kier alpha value is -2.09. The molecule has 0 aliphatic carbocycles. The van der Waals surface area contributed by atoms with Gasteiger partial charge in [-0.2, -0.15) is 0 Å². The van der Waals surface area contributed by atoms with Crippen molar-refractivity contribution in [3.8, 4) is 0 Å². The molecule has 8 nitrogen and oxygen atoms in total. The fourth-order valence-electron chi connectivity index (χ4n) is 5.37. The zero-order chi connectivity index (χ0) is 21.3. The van der Waals surface area contributed by atoms with Crippen molar-refractivity contribution in [3.63, 3.8) is 0 Å². The molecule has 0 unspecified atom stereocenters. The van der Waals surface area contributed by atoms with E-state index in [4.69, 9.17) is 0 Å². The van der Waals surface area contributed by atoms with Crippen LogP contribution in [0.3, 0.4) is 0 Å². The van der Waals surface area contributed by atoms with E-state index in [0.29, 0.717) is 30.9 Å². The summed E-state index contributed by atoms with van der Waals surface area (Å²) in [5, 5.41) is 0. The SMILES string of the molecule is Cn1c(N2CCC(C(=O)N3CCC(N4CCCCC4)CC3)CC2)cc(=O)n(C)c1=O. The molecule has 166 valence electrons. The van der Waals surface area contributed by atoms with Crippen LogP contribution in [0.1, 0.15) is 44.9 Å². The molecular weight excluding hydrogens is 382 g/mol. The van der Waals surface area contributed by atoms with Crippen molar-refractivity contribution in [3.05, 3.63) is 26.9 Å². The molecule has 0 atom stereocenters. The molecule has 3 fully saturated rings. The molecule has 4 rings (SSSR count). The molecule has 1 aromatic rings. The van der Waals surface area contributed by atoms with Gasteiger partial charge in [0, 0.05) is 58.3 Å². The molecule has 1 aromatic heterocycles. The lowest BCUT2D eigenvalue weighted by molar-refractivity contribution is -0.137. The maximum absolute atomic E-state index is 13.1. The van der Waals surface area contributed by atoms with Gasteiger partial charge in [0.1, 0.15) is 5.82 Å². The van der Waals surface area contributed by atoms with Gasteiger partial charge in [-0.15, -0.1) is 0 Å². The van der Waals surface area contributed by atoms with Crippen LogP contribution in [0.2, 0.25) is 0 Å². The molecule has 0 aromatic carbocycles. The second kappa shape index (κ2) is 8.96. The predicted octanol–water partition coefficient (Wildman–Crippen LogP) is 0.777. The highest BCUT2D eigenvalue weighted by atomic mass is 16.2. The maximum Gasteiger partial charge on any atom is 0.332 e. The molecule has 4 heterocycles. The smallest absolute Gasteiger partial charge is 0.332 e. The second-order valence-electron chi connectivity index (χ2n) is 9.16. The monoisotopic (exact) mass is 417 g/mol. The van der Waals surface area contributed by atoms with Gasteiger partial charge < -0.3 is 14.7 Å². The Labute approximate surface area is 178 Å². The summed E-state index contributed by atoms with van der Waals surface area (Å²) in [6, 6.07) is 2.17. The molecule has 3 aliphatic heterocycles. The van der Waals surface area contributed by atoms with Crippen LogP contribution in [0.4, 0.5) is 5.82 Å². The van der Waals surface area contributed by atoms with Gasteiger partial charge in [0.15, 0.2) is 0 Å². The molecule has 3 saturated heterocycles. The van der Waals surface area contributed by atoms with Gasteiger partial charge in [-0.1, -0.05) is 6.42 Å². The largest absolute Gasteiger partial charge is 0.358 e. The van der Waals surface area contributed by atoms with E-state index in [-0.39, 0.29) is 17.2 Å². The highest BCUT2D eigenvalue weighted by molar-refractivity contribution is 5.79. The van der Waals surface area contributed by atoms with Crippen LogP contribution < -0.4 is 16.1 Å². The van der Waals surface area contributed by atoms with E-state index in [2.05, 4.69) is 14.7 Å². The van der Waals surface area contributed by atoms with Crippen LogP contribution >= 0.6 is 0 Å². The summed E-state index contributed by atoms with van der Waals surface area (Å²) in [6.07, 6.45) is 7.73. The summed E-state index contributed by atoms with van der Waals surface area (Å²) in [6.45, 7) is 5.60. The first-order valence-corrected chi connectivity index (χ1v) is 11.5. The van der Waals surface area contributed by atoms with Crippen LogP contribution in [0, 0.1) is 5.92 Å². The normalized spacial score (nSPS) is 22.5. The zero-order valence-corrected chi connectivity index (χ0v) is 18.4. The number of carbonyl (C=O) groups excluding carboxylic acids is 1. The lowest BCUT2D eigenvalue weighted by Crippen LogP contribution is -2.50. The summed E-state index contributed by atoms with van der Waals surface area (Å²) in [4.78, 5) is 44.1. The molecule has 3 aliphatic rings. The summed E-state index contributed by atoms with van der Waals surface area (Å²) >= 11 is 0. The topological polar surface area (TPSA) is 70.8 Å². The fourth-order valence-corrected chi connectivity index (χ4v) is 5.37. The molecule has 1 amide bonds. The number of amides is 1. The first kappa shape index (κ1) is 21.2. The quantitative estimate of drug-likeness (QED) is 0.727. The van der Waals surface area contributed by atoms with E-state index < -0.39 is 0 Å². The number of aromatic nitrogens is 2. The summed E-state index contributed by atoms with van der Waals surface area (Å²) in [5.74, 6) is 0.998. The van der Waals surface area contributed by atoms with E-state index in [1.165, 1.54) is 50.0 Å². The lowest BCUT2D eigenvalue weighted by Gasteiger charge is -2.42. The van der Waals surface area contributed by atoms with Gasteiger partial charge in [-0.25, -0.2) is 4.79 Å². The number of piperidine rings is 3. The van der Waals surface area contributed by atoms with Crippen molar-refractivity contribution in [2.75, 3.05) is 44.2 Å². The molecule has 0 radical (unpaired) electrons. The third-order valence-corrected chi connectivity index (χ3v) is 7.35. The average Bonchev–Trinajstić information content (AvgIpc) is 2.80. The van der Waals surface area contributed by atoms with Crippen molar-refractivity contribution in [2.45, 2.75) is 51.0 Å². The van der Waals surface area contributed by atoms with Crippen molar-refractivity contribution in [1.29, 1.82) is 0 Å². The van der Waals surface area contributed by atoms with E-state index >= 15 is 0 Å². The molecule has 0 spiro atoms. The van der Waals surface area contributed by atoms with E-state index in [1.807, 2.05) is 0 Å². The third-order valence-electron chi connectivity index (χ3n) is 7.35. The van der Waals surface area contributed by atoms with Crippen LogP contribution in [-0.2, 0) is 18.9 Å². The molecule has 0 saturated carbocycles. The summed E-state index contributed by atoms with van der Waals surface area (Å²) < 4.78 is 2.64. The predicted molar refractivity (Wildman–Crippen MR) is 117 cm³/mol. The first-order chi connectivity index (χ1) is 14.5. The van der Waals surface area contributed by atoms with E-state index in [9.17, 15) is 14.4 Å². The highest BCUT2D eigenvalue weighted by Gasteiger charge is 2.33. The Kier molecular flexibility index (Phi) is 6.32. The van der Waals surface area contributed by atoms with Crippen LogP contribution in [0.25, 0.3) is 0 Å². The van der Waals surface area contributed by atoms with Crippen LogP contribution in [0.15, 0.2) is 15.7 Å². The molecular formula is C22H35N5O3. The van der Waals surface area contributed by atoms with E-state index in [1.54, 1.807) is 7.05 Å². The molecule has 0 N–H and O–H groups in total. The number of hydrogen-bond acceptors (Lipinski definition) is 5. The Balaban J connectivity index is 1.31. The fraction of sp³-hybridized carbons (Fsp3) is 0.773. The highest BCUT2D eigenvalue weighted by Crippen LogP contribution is 2.26. The van der Waals surface area contributed by atoms with Gasteiger partial charge in [0.25, 0.3) is 5.56 Å². The standard InChI is InChI=1S/C22H35N5O3/c1-23-19(16-20(28)24(2)22(23)30)26-12-6-17(7-13-26)21(29)27-14-8-18(9-15-27)25-10-4-3-5-11-25/h16-18H,3-15H2,1-2H3. The van der Waals surface area contributed by atoms with Gasteiger partial charge in [0.05, 0.1) is 0 Å². The van der Waals surface area contributed by atoms with Crippen molar-refractivity contribution < 1.29 is 4.79 Å². The lowest BCUT2D eigenvalue weighted by atomic mass is 9.93. The van der Waals surface area contributed by atoms with Gasteiger partial charge in [0.2, 0.25) is 5.91 Å². The molecule has 30 heavy (non-hydrogen) atoms. The summed E-state index contributed by atoms with van der Waals surface area (Å²) in [5.41, 5.74) is -0.602. The Bertz CT molecular complexity index is 870. The average molecular weight is 418 g/mol. The van der Waals surface area contributed by atoms with Crippen molar-refractivity contribution in [1.82, 2.24) is 18.9 Å². The number of likely N-dealkylation sites (tertiary alicyclic amines) is 2. The number of anilines is 1. The number of hydrogen-bond donors (Lipinski definition) is 0. The Morgan fingerprint density at radius 1 is 0.833 bits per heavy atom. The van der Waals surface area contributed by atoms with Crippen LogP contribution in [-0.4, -0.2) is 70.2 Å². The number of rotatable bonds is 3. The van der Waals surface area contributed by atoms with Crippen molar-refractivity contribution >= 4 is 11.7 Å². The Morgan fingerprint density at radius 2 is 1.47 bits per heavy atom. The second-order valence-corrected chi connectivity index (χ2v) is 9.16. The van der Waals surface area contributed by atoms with E-state index in [0.717, 1.165) is 43.3 Å². The van der Waals surface area contributed by atoms with Crippen LogP contribution in [0.5, 0.6) is 0 Å². The molecule has 0 bridgehead atoms. The van der Waals surface area contributed by atoms with Gasteiger partial charge in [-0.05, 0) is 51.6 Å². The first-order valence-electron chi connectivity index (χ1n) is 11.5. The van der Waals surface area contributed by atoms with Gasteiger partial charge in [-0.3, -0.25) is 18.7 Å². The number of nitrogens with zero attached hydrogens (tertiary/aromatic N) is 5. The minimum atomic E-state index is -0.313. The number of carbonyl (C=O) groups is 1. The molecule has 8 heteroatoms. The van der Waals surface area contributed by atoms with Crippen molar-refractivity contribution in [2.24, 2.45) is 20.0 Å². The maximum atomic E-state index is 13.1. The zero-order valence-electron chi connectivity index (χ0n) is 18.4.